The highest BCUT2D eigenvalue weighted by Gasteiger charge is 2.34. The highest BCUT2D eigenvalue weighted by molar-refractivity contribution is 6.30. The molecule has 0 bridgehead atoms. The zero-order valence-corrected chi connectivity index (χ0v) is 14.2. The lowest BCUT2D eigenvalue weighted by Gasteiger charge is -2.27. The molecule has 0 atom stereocenters. The van der Waals surface area contributed by atoms with Crippen molar-refractivity contribution in [2.75, 3.05) is 36.5 Å². The number of hydrogen-bond donors (Lipinski definition) is 1. The van der Waals surface area contributed by atoms with Crippen molar-refractivity contribution in [2.24, 2.45) is 0 Å². The number of alkyl halides is 3. The van der Waals surface area contributed by atoms with Gasteiger partial charge in [0.1, 0.15) is 5.82 Å². The van der Waals surface area contributed by atoms with E-state index < -0.39 is 11.7 Å². The summed E-state index contributed by atoms with van der Waals surface area (Å²) >= 11 is 5.71. The second-order valence-corrected chi connectivity index (χ2v) is 6.04. The Balaban J connectivity index is 1.92. The Morgan fingerprint density at radius 2 is 1.88 bits per heavy atom. The van der Waals surface area contributed by atoms with E-state index >= 15 is 0 Å². The molecule has 5 nitrogen and oxygen atoms in total. The zero-order valence-electron chi connectivity index (χ0n) is 13.4. The van der Waals surface area contributed by atoms with Crippen molar-refractivity contribution >= 4 is 29.1 Å². The van der Waals surface area contributed by atoms with E-state index in [4.69, 9.17) is 16.3 Å². The highest BCUT2D eigenvalue weighted by atomic mass is 35.5. The maximum Gasteiger partial charge on any atom is 0.418 e. The second kappa shape index (κ2) is 7.05. The number of aromatic nitrogens is 2. The third-order valence-electron chi connectivity index (χ3n) is 3.69. The standard InChI is InChI=1S/C16H16ClF3N4O/c1-10-8-14(23-15(21-10)24-4-6-25-7-5-24)22-13-3-2-11(17)9-12(13)16(18,19)20/h2-3,8-9H,4-7H2,1H3,(H,21,22,23). The van der Waals surface area contributed by atoms with Gasteiger partial charge in [-0.25, -0.2) is 4.98 Å². The van der Waals surface area contributed by atoms with Crippen LogP contribution in [0.1, 0.15) is 11.3 Å². The number of benzene rings is 1. The highest BCUT2D eigenvalue weighted by Crippen LogP contribution is 2.37. The minimum absolute atomic E-state index is 0.0192. The molecule has 1 fully saturated rings. The van der Waals surface area contributed by atoms with Crippen molar-refractivity contribution < 1.29 is 17.9 Å². The van der Waals surface area contributed by atoms with Gasteiger partial charge in [0, 0.05) is 29.9 Å². The molecule has 1 aliphatic rings. The molecule has 0 radical (unpaired) electrons. The number of morpholine rings is 1. The van der Waals surface area contributed by atoms with E-state index in [9.17, 15) is 13.2 Å². The van der Waals surface area contributed by atoms with E-state index in [2.05, 4.69) is 15.3 Å². The van der Waals surface area contributed by atoms with Crippen LogP contribution in [-0.2, 0) is 10.9 Å². The molecule has 25 heavy (non-hydrogen) atoms. The Kier molecular flexibility index (Phi) is 5.01. The molecule has 9 heteroatoms. The minimum Gasteiger partial charge on any atom is -0.378 e. The first kappa shape index (κ1) is 17.8. The first-order chi connectivity index (χ1) is 11.8. The molecule has 2 heterocycles. The normalized spacial score (nSPS) is 15.3. The van der Waals surface area contributed by atoms with Gasteiger partial charge in [-0.05, 0) is 25.1 Å². The van der Waals surface area contributed by atoms with Crippen LogP contribution < -0.4 is 10.2 Å². The van der Waals surface area contributed by atoms with Gasteiger partial charge in [-0.1, -0.05) is 11.6 Å². The molecule has 0 unspecified atom stereocenters. The van der Waals surface area contributed by atoms with Gasteiger partial charge in [0.2, 0.25) is 5.95 Å². The Morgan fingerprint density at radius 1 is 1.16 bits per heavy atom. The van der Waals surface area contributed by atoms with Crippen LogP contribution >= 0.6 is 11.6 Å². The summed E-state index contributed by atoms with van der Waals surface area (Å²) in [4.78, 5) is 10.6. The Hall–Kier alpha value is -2.06. The van der Waals surface area contributed by atoms with Gasteiger partial charge < -0.3 is 15.0 Å². The average Bonchev–Trinajstić information content (AvgIpc) is 2.56. The van der Waals surface area contributed by atoms with Crippen molar-refractivity contribution in [1.29, 1.82) is 0 Å². The first-order valence-electron chi connectivity index (χ1n) is 7.65. The molecule has 3 rings (SSSR count). The lowest BCUT2D eigenvalue weighted by atomic mass is 10.1. The number of anilines is 3. The lowest BCUT2D eigenvalue weighted by Crippen LogP contribution is -2.37. The van der Waals surface area contributed by atoms with E-state index in [1.165, 1.54) is 12.1 Å². The summed E-state index contributed by atoms with van der Waals surface area (Å²) in [6.45, 7) is 4.17. The Labute approximate surface area is 147 Å². The molecule has 0 amide bonds. The van der Waals surface area contributed by atoms with Gasteiger partial charge in [0.15, 0.2) is 0 Å². The molecule has 134 valence electrons. The second-order valence-electron chi connectivity index (χ2n) is 5.61. The first-order valence-corrected chi connectivity index (χ1v) is 8.03. The molecular formula is C16H16ClF3N4O. The summed E-state index contributed by atoms with van der Waals surface area (Å²) in [5.41, 5.74) is -0.298. The molecule has 1 N–H and O–H groups in total. The molecule has 1 saturated heterocycles. The fourth-order valence-corrected chi connectivity index (χ4v) is 2.69. The minimum atomic E-state index is -4.53. The molecule has 0 aliphatic carbocycles. The predicted octanol–water partition coefficient (Wildman–Crippen LogP) is 4.04. The van der Waals surface area contributed by atoms with Gasteiger partial charge in [0.05, 0.1) is 24.5 Å². The summed E-state index contributed by atoms with van der Waals surface area (Å²) in [6, 6.07) is 5.17. The van der Waals surface area contributed by atoms with E-state index in [1.807, 2.05) is 4.90 Å². The monoisotopic (exact) mass is 372 g/mol. The van der Waals surface area contributed by atoms with Gasteiger partial charge >= 0.3 is 6.18 Å². The number of nitrogens with one attached hydrogen (secondary N) is 1. The van der Waals surface area contributed by atoms with E-state index in [1.54, 1.807) is 13.0 Å². The Morgan fingerprint density at radius 3 is 2.56 bits per heavy atom. The van der Waals surface area contributed by atoms with Crippen LogP contribution in [0.15, 0.2) is 24.3 Å². The molecule has 1 aliphatic heterocycles. The lowest BCUT2D eigenvalue weighted by molar-refractivity contribution is -0.136. The molecule has 0 spiro atoms. The predicted molar refractivity (Wildman–Crippen MR) is 89.5 cm³/mol. The molecule has 1 aromatic carbocycles. The van der Waals surface area contributed by atoms with Crippen LogP contribution in [-0.4, -0.2) is 36.3 Å². The SMILES string of the molecule is Cc1cc(Nc2ccc(Cl)cc2C(F)(F)F)nc(N2CCOCC2)n1. The molecule has 0 saturated carbocycles. The number of rotatable bonds is 3. The van der Waals surface area contributed by atoms with Crippen LogP contribution in [0.3, 0.4) is 0 Å². The van der Waals surface area contributed by atoms with Crippen LogP contribution in [0.25, 0.3) is 0 Å². The van der Waals surface area contributed by atoms with Crippen molar-refractivity contribution in [1.82, 2.24) is 9.97 Å². The molecule has 1 aromatic heterocycles. The largest absolute Gasteiger partial charge is 0.418 e. The van der Waals surface area contributed by atoms with E-state index in [-0.39, 0.29) is 10.7 Å². The number of hydrogen-bond acceptors (Lipinski definition) is 5. The number of ether oxygens (including phenoxy) is 1. The van der Waals surface area contributed by atoms with Crippen molar-refractivity contribution in [3.05, 3.63) is 40.5 Å². The Bertz CT molecular complexity index is 764. The van der Waals surface area contributed by atoms with Crippen molar-refractivity contribution in [3.63, 3.8) is 0 Å². The average molecular weight is 373 g/mol. The van der Waals surface area contributed by atoms with Crippen molar-refractivity contribution in [3.8, 4) is 0 Å². The summed E-state index contributed by atoms with van der Waals surface area (Å²) in [6.07, 6.45) is -4.53. The van der Waals surface area contributed by atoms with Gasteiger partial charge in [-0.2, -0.15) is 18.2 Å². The van der Waals surface area contributed by atoms with E-state index in [0.717, 1.165) is 6.07 Å². The number of aryl methyl sites for hydroxylation is 1. The van der Waals surface area contributed by atoms with Crippen LogP contribution in [0.2, 0.25) is 5.02 Å². The van der Waals surface area contributed by atoms with Crippen LogP contribution in [0.5, 0.6) is 0 Å². The summed E-state index contributed by atoms with van der Waals surface area (Å²) < 4.78 is 45.0. The van der Waals surface area contributed by atoms with Crippen LogP contribution in [0.4, 0.5) is 30.6 Å². The van der Waals surface area contributed by atoms with E-state index in [0.29, 0.717) is 43.8 Å². The summed E-state index contributed by atoms with van der Waals surface area (Å²) in [5.74, 6) is 0.759. The van der Waals surface area contributed by atoms with Gasteiger partial charge in [-0.3, -0.25) is 0 Å². The summed E-state index contributed by atoms with van der Waals surface area (Å²) in [7, 11) is 0. The van der Waals surface area contributed by atoms with Crippen LogP contribution in [0, 0.1) is 6.92 Å². The fourth-order valence-electron chi connectivity index (χ4n) is 2.52. The smallest absolute Gasteiger partial charge is 0.378 e. The van der Waals surface area contributed by atoms with Gasteiger partial charge in [0.25, 0.3) is 0 Å². The summed E-state index contributed by atoms with van der Waals surface area (Å²) in [5, 5.41) is 2.76. The molecular weight excluding hydrogens is 357 g/mol. The number of halogens is 4. The zero-order chi connectivity index (χ0) is 18.0. The topological polar surface area (TPSA) is 50.3 Å². The number of nitrogens with zero attached hydrogens (tertiary/aromatic N) is 3. The van der Waals surface area contributed by atoms with Gasteiger partial charge in [-0.15, -0.1) is 0 Å². The maximum atomic E-state index is 13.2. The third-order valence-corrected chi connectivity index (χ3v) is 3.92. The van der Waals surface area contributed by atoms with Crippen molar-refractivity contribution in [2.45, 2.75) is 13.1 Å². The molecule has 2 aromatic rings. The fraction of sp³-hybridized carbons (Fsp3) is 0.375. The maximum absolute atomic E-state index is 13.2. The quantitative estimate of drug-likeness (QED) is 0.881. The third kappa shape index (κ3) is 4.32.